The molecule has 1 aromatic carbocycles. The quantitative estimate of drug-likeness (QED) is 0.281. The molecular weight excluding hydrogens is 368 g/mol. The number of ether oxygens (including phenoxy) is 2. The molecule has 1 saturated carbocycles. The largest absolute Gasteiger partial charge is 0.452 e. The summed E-state index contributed by atoms with van der Waals surface area (Å²) in [6.07, 6.45) is 2.82. The van der Waals surface area contributed by atoms with Gasteiger partial charge in [-0.15, -0.1) is 0 Å². The topological polar surface area (TPSA) is 144 Å². The number of carbonyl (C=O) groups excluding carboxylic acids is 2. The van der Waals surface area contributed by atoms with Gasteiger partial charge in [0.25, 0.3) is 11.6 Å². The molecule has 0 radical (unpaired) electrons. The number of nitriles is 1. The number of carbonyl (C=O) groups is 2. The van der Waals surface area contributed by atoms with Gasteiger partial charge in [0.1, 0.15) is 11.2 Å². The Morgan fingerprint density at radius 1 is 1.36 bits per heavy atom. The first-order valence-electron chi connectivity index (χ1n) is 8.81. The number of amides is 1. The van der Waals surface area contributed by atoms with Gasteiger partial charge < -0.3 is 20.1 Å². The minimum Gasteiger partial charge on any atom is -0.452 e. The summed E-state index contributed by atoms with van der Waals surface area (Å²) in [4.78, 5) is 34.8. The fourth-order valence-electron chi connectivity index (χ4n) is 3.01. The van der Waals surface area contributed by atoms with Crippen molar-refractivity contribution in [3.05, 3.63) is 33.9 Å². The first-order valence-corrected chi connectivity index (χ1v) is 8.81. The summed E-state index contributed by atoms with van der Waals surface area (Å²) in [6.45, 7) is 0.159. The molecule has 0 heterocycles. The van der Waals surface area contributed by atoms with E-state index >= 15 is 0 Å². The Labute approximate surface area is 162 Å². The Hall–Kier alpha value is -3.19. The van der Waals surface area contributed by atoms with Gasteiger partial charge in [0.05, 0.1) is 23.2 Å². The van der Waals surface area contributed by atoms with Crippen molar-refractivity contribution in [3.63, 3.8) is 0 Å². The van der Waals surface area contributed by atoms with E-state index < -0.39 is 28.9 Å². The second kappa shape index (κ2) is 9.66. The van der Waals surface area contributed by atoms with E-state index in [0.717, 1.165) is 18.9 Å². The minimum atomic E-state index is -0.905. The van der Waals surface area contributed by atoms with Gasteiger partial charge in [-0.3, -0.25) is 14.9 Å². The van der Waals surface area contributed by atoms with Crippen molar-refractivity contribution in [2.45, 2.75) is 31.2 Å². The molecule has 2 N–H and O–H groups in total. The van der Waals surface area contributed by atoms with Crippen LogP contribution in [0.5, 0.6) is 0 Å². The van der Waals surface area contributed by atoms with E-state index in [1.165, 1.54) is 19.2 Å². The van der Waals surface area contributed by atoms with E-state index in [1.54, 1.807) is 0 Å². The van der Waals surface area contributed by atoms with Crippen LogP contribution in [0, 0.1) is 21.4 Å². The smallest absolute Gasteiger partial charge is 0.338 e. The van der Waals surface area contributed by atoms with Crippen molar-refractivity contribution in [1.29, 1.82) is 5.26 Å². The Morgan fingerprint density at radius 3 is 2.68 bits per heavy atom. The van der Waals surface area contributed by atoms with Gasteiger partial charge in [-0.05, 0) is 37.8 Å². The lowest BCUT2D eigenvalue weighted by Gasteiger charge is -2.21. The van der Waals surface area contributed by atoms with Gasteiger partial charge in [0.15, 0.2) is 6.61 Å². The van der Waals surface area contributed by atoms with Crippen molar-refractivity contribution >= 4 is 23.3 Å². The van der Waals surface area contributed by atoms with Gasteiger partial charge in [0.2, 0.25) is 0 Å². The number of hydrogen-bond acceptors (Lipinski definition) is 8. The van der Waals surface area contributed by atoms with Crippen LogP contribution >= 0.6 is 0 Å². The third-order valence-electron chi connectivity index (χ3n) is 4.44. The number of anilines is 1. The average Bonchev–Trinajstić information content (AvgIpc) is 3.15. The summed E-state index contributed by atoms with van der Waals surface area (Å²) in [7, 11) is 1.51. The Morgan fingerprint density at radius 2 is 2.07 bits per heavy atom. The second-order valence-corrected chi connectivity index (χ2v) is 6.43. The van der Waals surface area contributed by atoms with Gasteiger partial charge >= 0.3 is 5.97 Å². The molecule has 10 heteroatoms. The maximum absolute atomic E-state index is 12.2. The summed E-state index contributed by atoms with van der Waals surface area (Å²) < 4.78 is 9.82. The van der Waals surface area contributed by atoms with E-state index in [0.29, 0.717) is 26.0 Å². The maximum atomic E-state index is 12.2. The predicted octanol–water partition coefficient (Wildman–Crippen LogP) is 1.76. The van der Waals surface area contributed by atoms with Crippen LogP contribution in [-0.4, -0.2) is 49.2 Å². The highest BCUT2D eigenvalue weighted by atomic mass is 16.6. The van der Waals surface area contributed by atoms with Gasteiger partial charge in [0, 0.05) is 19.7 Å². The number of nitrogens with one attached hydrogen (secondary N) is 2. The third kappa shape index (κ3) is 5.40. The third-order valence-corrected chi connectivity index (χ3v) is 4.44. The van der Waals surface area contributed by atoms with E-state index in [9.17, 15) is 25.0 Å². The van der Waals surface area contributed by atoms with Gasteiger partial charge in [-0.2, -0.15) is 5.26 Å². The standard InChI is InChI=1S/C18H22N4O6/c1-27-9-8-20-14-5-4-13(10-15(14)22(25)26)17(24)28-11-16(23)21-18(12-19)6-2-3-7-18/h4-5,10,20H,2-3,6-9,11H2,1H3,(H,21,23). The minimum absolute atomic E-state index is 0.0485. The molecule has 1 amide bonds. The van der Waals surface area contributed by atoms with Gasteiger partial charge in [-0.25, -0.2) is 4.79 Å². The van der Waals surface area contributed by atoms with Crippen molar-refractivity contribution < 1.29 is 24.0 Å². The van der Waals surface area contributed by atoms with Crippen LogP contribution < -0.4 is 10.6 Å². The number of esters is 1. The molecule has 1 aliphatic rings. The molecule has 1 fully saturated rings. The number of nitro groups is 1. The Bertz CT molecular complexity index is 783. The first-order chi connectivity index (χ1) is 13.4. The number of nitrogens with zero attached hydrogens (tertiary/aromatic N) is 2. The Kier molecular flexibility index (Phi) is 7.28. The molecule has 0 bridgehead atoms. The summed E-state index contributed by atoms with van der Waals surface area (Å²) in [5.41, 5.74) is -0.997. The summed E-state index contributed by atoms with van der Waals surface area (Å²) in [6, 6.07) is 5.97. The van der Waals surface area contributed by atoms with E-state index in [4.69, 9.17) is 9.47 Å². The van der Waals surface area contributed by atoms with Crippen molar-refractivity contribution in [3.8, 4) is 6.07 Å². The number of rotatable bonds is 9. The zero-order chi connectivity index (χ0) is 20.6. The van der Waals surface area contributed by atoms with Crippen LogP contribution in [-0.2, 0) is 14.3 Å². The Balaban J connectivity index is 1.97. The number of benzene rings is 1. The molecule has 0 aliphatic heterocycles. The summed E-state index contributed by atoms with van der Waals surface area (Å²) in [5.74, 6) is -1.44. The fourth-order valence-corrected chi connectivity index (χ4v) is 3.01. The number of methoxy groups -OCH3 is 1. The second-order valence-electron chi connectivity index (χ2n) is 6.43. The molecule has 0 unspecified atom stereocenters. The highest BCUT2D eigenvalue weighted by Gasteiger charge is 2.35. The van der Waals surface area contributed by atoms with Crippen LogP contribution in [0.25, 0.3) is 0 Å². The molecule has 0 saturated heterocycles. The first kappa shape index (κ1) is 21.1. The van der Waals surface area contributed by atoms with Crippen LogP contribution in [0.2, 0.25) is 0 Å². The SMILES string of the molecule is COCCNc1ccc(C(=O)OCC(=O)NC2(C#N)CCCC2)cc1[N+](=O)[O-]. The molecule has 0 spiro atoms. The highest BCUT2D eigenvalue weighted by Crippen LogP contribution is 2.29. The molecule has 0 aromatic heterocycles. The number of nitro benzene ring substituents is 1. The lowest BCUT2D eigenvalue weighted by atomic mass is 10.00. The predicted molar refractivity (Wildman–Crippen MR) is 98.7 cm³/mol. The summed E-state index contributed by atoms with van der Waals surface area (Å²) in [5, 5.41) is 26.0. The molecule has 1 aromatic rings. The lowest BCUT2D eigenvalue weighted by Crippen LogP contribution is -2.46. The van der Waals surface area contributed by atoms with E-state index in [-0.39, 0.29) is 16.9 Å². The van der Waals surface area contributed by atoms with E-state index in [1.807, 2.05) is 0 Å². The van der Waals surface area contributed by atoms with Crippen molar-refractivity contribution in [1.82, 2.24) is 5.32 Å². The van der Waals surface area contributed by atoms with Crippen molar-refractivity contribution in [2.75, 3.05) is 32.2 Å². The van der Waals surface area contributed by atoms with Crippen LogP contribution in [0.4, 0.5) is 11.4 Å². The monoisotopic (exact) mass is 390 g/mol. The summed E-state index contributed by atoms with van der Waals surface area (Å²) >= 11 is 0. The van der Waals surface area contributed by atoms with Crippen molar-refractivity contribution in [2.24, 2.45) is 0 Å². The van der Waals surface area contributed by atoms with Crippen LogP contribution in [0.1, 0.15) is 36.0 Å². The normalized spacial score (nSPS) is 14.7. The zero-order valence-corrected chi connectivity index (χ0v) is 15.5. The molecule has 0 atom stereocenters. The molecule has 28 heavy (non-hydrogen) atoms. The fraction of sp³-hybridized carbons (Fsp3) is 0.500. The van der Waals surface area contributed by atoms with Crippen LogP contribution in [0.15, 0.2) is 18.2 Å². The molecule has 10 nitrogen and oxygen atoms in total. The molecular formula is C18H22N4O6. The molecule has 150 valence electrons. The molecule has 2 rings (SSSR count). The lowest BCUT2D eigenvalue weighted by molar-refractivity contribution is -0.384. The maximum Gasteiger partial charge on any atom is 0.338 e. The van der Waals surface area contributed by atoms with Crippen LogP contribution in [0.3, 0.4) is 0 Å². The zero-order valence-electron chi connectivity index (χ0n) is 15.5. The average molecular weight is 390 g/mol. The molecule has 1 aliphatic carbocycles. The van der Waals surface area contributed by atoms with E-state index in [2.05, 4.69) is 16.7 Å². The highest BCUT2D eigenvalue weighted by molar-refractivity contribution is 5.93. The number of hydrogen-bond donors (Lipinski definition) is 2. The van der Waals surface area contributed by atoms with Gasteiger partial charge in [-0.1, -0.05) is 0 Å².